The summed E-state index contributed by atoms with van der Waals surface area (Å²) in [7, 11) is 0. The Morgan fingerprint density at radius 1 is 1.23 bits per heavy atom. The molecule has 0 saturated carbocycles. The van der Waals surface area contributed by atoms with Crippen LogP contribution in [0.4, 0.5) is 10.3 Å². The number of fused-ring (bicyclic) bond motifs is 2. The van der Waals surface area contributed by atoms with E-state index in [9.17, 15) is 4.39 Å². The van der Waals surface area contributed by atoms with Crippen LogP contribution in [-0.4, -0.2) is 21.4 Å². The fourth-order valence-corrected chi connectivity index (χ4v) is 3.50. The third kappa shape index (κ3) is 2.46. The highest BCUT2D eigenvalue weighted by atomic mass is 32.2. The van der Waals surface area contributed by atoms with Gasteiger partial charge in [0.1, 0.15) is 5.82 Å². The predicted octanol–water partition coefficient (Wildman–Crippen LogP) is 4.01. The highest BCUT2D eigenvalue weighted by Crippen LogP contribution is 2.30. The minimum atomic E-state index is -0.238. The van der Waals surface area contributed by atoms with E-state index in [2.05, 4.69) is 20.5 Å². The van der Waals surface area contributed by atoms with E-state index in [1.54, 1.807) is 17.8 Å². The molecule has 2 heterocycles. The number of H-pyrrole nitrogens is 1. The van der Waals surface area contributed by atoms with Crippen LogP contribution < -0.4 is 5.43 Å². The fraction of sp³-hybridized carbons (Fsp3) is 0.125. The quantitative estimate of drug-likeness (QED) is 0.703. The highest BCUT2D eigenvalue weighted by Gasteiger charge is 2.17. The molecule has 0 spiro atoms. The van der Waals surface area contributed by atoms with Crippen molar-refractivity contribution >= 4 is 34.5 Å². The molecule has 2 aromatic carbocycles. The largest absolute Gasteiger partial charge is 0.323 e. The van der Waals surface area contributed by atoms with Gasteiger partial charge in [0, 0.05) is 22.6 Å². The molecule has 0 aliphatic carbocycles. The molecule has 0 atom stereocenters. The third-order valence-electron chi connectivity index (χ3n) is 3.54. The maximum atomic E-state index is 13.5. The number of hydrogen-bond donors (Lipinski definition) is 2. The molecular formula is C16H13FN4S. The zero-order chi connectivity index (χ0) is 14.9. The molecule has 1 aliphatic heterocycles. The van der Waals surface area contributed by atoms with Crippen LogP contribution in [0.1, 0.15) is 12.0 Å². The van der Waals surface area contributed by atoms with Crippen LogP contribution in [0.3, 0.4) is 0 Å². The molecule has 1 aromatic heterocycles. The van der Waals surface area contributed by atoms with E-state index >= 15 is 0 Å². The Kier molecular flexibility index (Phi) is 3.31. The van der Waals surface area contributed by atoms with Gasteiger partial charge in [-0.05, 0) is 30.3 Å². The third-order valence-corrected chi connectivity index (χ3v) is 4.61. The molecule has 0 bridgehead atoms. The average Bonchev–Trinajstić information content (AvgIpc) is 2.95. The number of rotatable bonds is 2. The van der Waals surface area contributed by atoms with E-state index in [1.165, 1.54) is 6.07 Å². The molecule has 0 unspecified atom stereocenters. The number of hydrazone groups is 1. The Hall–Kier alpha value is -2.34. The van der Waals surface area contributed by atoms with Gasteiger partial charge in [0.25, 0.3) is 0 Å². The first-order valence-corrected chi connectivity index (χ1v) is 7.98. The molecule has 6 heteroatoms. The number of imidazole rings is 1. The molecule has 4 nitrogen and oxygen atoms in total. The van der Waals surface area contributed by atoms with E-state index in [0.717, 1.165) is 39.4 Å². The van der Waals surface area contributed by atoms with Crippen LogP contribution in [-0.2, 0) is 0 Å². The lowest BCUT2D eigenvalue weighted by atomic mass is 10.1. The second kappa shape index (κ2) is 5.46. The van der Waals surface area contributed by atoms with Crippen LogP contribution in [0, 0.1) is 5.82 Å². The van der Waals surface area contributed by atoms with Crippen molar-refractivity contribution in [1.29, 1.82) is 0 Å². The monoisotopic (exact) mass is 312 g/mol. The van der Waals surface area contributed by atoms with E-state index < -0.39 is 0 Å². The van der Waals surface area contributed by atoms with Crippen LogP contribution in [0.2, 0.25) is 0 Å². The van der Waals surface area contributed by atoms with Gasteiger partial charge in [-0.1, -0.05) is 12.1 Å². The van der Waals surface area contributed by atoms with Gasteiger partial charge >= 0.3 is 0 Å². The lowest BCUT2D eigenvalue weighted by molar-refractivity contribution is 0.626. The molecule has 1 aliphatic rings. The summed E-state index contributed by atoms with van der Waals surface area (Å²) in [6.45, 7) is 0. The van der Waals surface area contributed by atoms with Crippen molar-refractivity contribution in [2.75, 3.05) is 11.2 Å². The van der Waals surface area contributed by atoms with Crippen LogP contribution in [0.5, 0.6) is 0 Å². The number of nitrogens with one attached hydrogen (secondary N) is 2. The summed E-state index contributed by atoms with van der Waals surface area (Å²) in [6.07, 6.45) is 0.800. The van der Waals surface area contributed by atoms with Crippen molar-refractivity contribution in [2.24, 2.45) is 5.10 Å². The molecule has 3 aromatic rings. The Morgan fingerprint density at radius 2 is 2.14 bits per heavy atom. The normalized spacial score (nSPS) is 16.0. The summed E-state index contributed by atoms with van der Waals surface area (Å²) in [6, 6.07) is 12.6. The molecule has 2 N–H and O–H groups in total. The topological polar surface area (TPSA) is 53.1 Å². The van der Waals surface area contributed by atoms with Crippen molar-refractivity contribution in [3.05, 3.63) is 53.8 Å². The number of benzene rings is 2. The minimum Gasteiger partial charge on any atom is -0.323 e. The summed E-state index contributed by atoms with van der Waals surface area (Å²) in [5.74, 6) is 1.29. The van der Waals surface area contributed by atoms with Crippen LogP contribution in [0.25, 0.3) is 11.0 Å². The van der Waals surface area contributed by atoms with Crippen LogP contribution in [0.15, 0.2) is 52.5 Å². The van der Waals surface area contributed by atoms with Crippen molar-refractivity contribution < 1.29 is 4.39 Å². The second-order valence-corrected chi connectivity index (χ2v) is 6.15. The van der Waals surface area contributed by atoms with Gasteiger partial charge in [-0.2, -0.15) is 5.10 Å². The minimum absolute atomic E-state index is 0.238. The first kappa shape index (κ1) is 13.3. The first-order valence-electron chi connectivity index (χ1n) is 7.00. The van der Waals surface area contributed by atoms with E-state index in [0.29, 0.717) is 5.95 Å². The second-order valence-electron chi connectivity index (χ2n) is 5.01. The molecule has 4 rings (SSSR count). The number of nitrogens with zero attached hydrogens (tertiary/aromatic N) is 2. The lowest BCUT2D eigenvalue weighted by Gasteiger charge is -2.17. The van der Waals surface area contributed by atoms with Crippen molar-refractivity contribution in [3.63, 3.8) is 0 Å². The first-order chi connectivity index (χ1) is 10.8. The Labute approximate surface area is 130 Å². The van der Waals surface area contributed by atoms with E-state index in [1.807, 2.05) is 30.3 Å². The summed E-state index contributed by atoms with van der Waals surface area (Å²) < 4.78 is 13.5. The summed E-state index contributed by atoms with van der Waals surface area (Å²) in [4.78, 5) is 8.65. The predicted molar refractivity (Wildman–Crippen MR) is 88.0 cm³/mol. The number of para-hydroxylation sites is 2. The number of halogens is 1. The van der Waals surface area contributed by atoms with Crippen LogP contribution >= 0.6 is 11.8 Å². The van der Waals surface area contributed by atoms with Gasteiger partial charge in [-0.25, -0.2) is 14.8 Å². The fourth-order valence-electron chi connectivity index (χ4n) is 2.49. The molecule has 0 amide bonds. The lowest BCUT2D eigenvalue weighted by Crippen LogP contribution is -2.12. The van der Waals surface area contributed by atoms with Crippen molar-refractivity contribution in [3.8, 4) is 0 Å². The number of thioether (sulfide) groups is 1. The Balaban J connectivity index is 1.65. The zero-order valence-corrected chi connectivity index (χ0v) is 12.5. The average molecular weight is 312 g/mol. The van der Waals surface area contributed by atoms with Crippen molar-refractivity contribution in [2.45, 2.75) is 11.3 Å². The van der Waals surface area contributed by atoms with Gasteiger partial charge in [0.05, 0.1) is 16.7 Å². The molecule has 0 radical (unpaired) electrons. The van der Waals surface area contributed by atoms with Crippen molar-refractivity contribution in [1.82, 2.24) is 9.97 Å². The SMILES string of the molecule is Fc1ccc2c(c1)/C(=N/Nc1nc3ccccc3[nH]1)CCS2. The highest BCUT2D eigenvalue weighted by molar-refractivity contribution is 7.99. The zero-order valence-electron chi connectivity index (χ0n) is 11.6. The maximum absolute atomic E-state index is 13.5. The van der Waals surface area contributed by atoms with Gasteiger partial charge in [-0.15, -0.1) is 11.8 Å². The van der Waals surface area contributed by atoms with Gasteiger partial charge < -0.3 is 4.98 Å². The Morgan fingerprint density at radius 3 is 3.05 bits per heavy atom. The number of hydrogen-bond acceptors (Lipinski definition) is 4. The Bertz CT molecular complexity index is 838. The standard InChI is InChI=1S/C16H13FN4S/c17-10-5-6-15-11(9-10)12(7-8-22-15)20-21-16-18-13-3-1-2-4-14(13)19-16/h1-6,9H,7-8H2,(H2,18,19,21)/b20-12+. The molecule has 22 heavy (non-hydrogen) atoms. The molecule has 0 saturated heterocycles. The van der Waals surface area contributed by atoms with Gasteiger partial charge in [0.15, 0.2) is 0 Å². The van der Waals surface area contributed by atoms with E-state index in [-0.39, 0.29) is 5.82 Å². The molecular weight excluding hydrogens is 299 g/mol. The number of aromatic amines is 1. The molecule has 110 valence electrons. The van der Waals surface area contributed by atoms with Gasteiger partial charge in [0.2, 0.25) is 5.95 Å². The summed E-state index contributed by atoms with van der Waals surface area (Å²) in [5, 5.41) is 4.42. The summed E-state index contributed by atoms with van der Waals surface area (Å²) in [5.41, 5.74) is 6.51. The maximum Gasteiger partial charge on any atom is 0.222 e. The van der Waals surface area contributed by atoms with Gasteiger partial charge in [-0.3, -0.25) is 0 Å². The van der Waals surface area contributed by atoms with E-state index in [4.69, 9.17) is 0 Å². The number of anilines is 1. The smallest absolute Gasteiger partial charge is 0.222 e. The number of aromatic nitrogens is 2. The summed E-state index contributed by atoms with van der Waals surface area (Å²) >= 11 is 1.73. The molecule has 0 fully saturated rings.